The van der Waals surface area contributed by atoms with Crippen LogP contribution in [0.2, 0.25) is 0 Å². The summed E-state index contributed by atoms with van der Waals surface area (Å²) in [5.41, 5.74) is 0.775. The lowest BCUT2D eigenvalue weighted by Gasteiger charge is -2.12. The maximum Gasteiger partial charge on any atom is 0.263 e. The van der Waals surface area contributed by atoms with Gasteiger partial charge in [-0.3, -0.25) is 4.72 Å². The molecule has 0 aromatic heterocycles. The second-order valence-corrected chi connectivity index (χ2v) is 8.54. The molecule has 0 atom stereocenters. The highest BCUT2D eigenvalue weighted by molar-refractivity contribution is 9.11. The molecule has 3 nitrogen and oxygen atoms in total. The number of nitrogens with one attached hydrogen (secondary N) is 1. The minimum Gasteiger partial charge on any atom is -0.277 e. The van der Waals surface area contributed by atoms with Gasteiger partial charge in [0.1, 0.15) is 10.7 Å². The molecule has 0 amide bonds. The van der Waals surface area contributed by atoms with Gasteiger partial charge in [0.05, 0.1) is 5.69 Å². The first-order valence-corrected chi connectivity index (χ1v) is 9.50. The third-order valence-corrected chi connectivity index (χ3v) is 6.35. The molecule has 21 heavy (non-hydrogen) atoms. The van der Waals surface area contributed by atoms with Gasteiger partial charge in [0.15, 0.2) is 0 Å². The van der Waals surface area contributed by atoms with Gasteiger partial charge in [0, 0.05) is 13.4 Å². The molecule has 0 aliphatic heterocycles. The Morgan fingerprint density at radius 1 is 1.05 bits per heavy atom. The zero-order valence-corrected chi connectivity index (χ0v) is 16.2. The second kappa shape index (κ2) is 6.36. The minimum atomic E-state index is -3.90. The average molecular weight is 502 g/mol. The van der Waals surface area contributed by atoms with Crippen molar-refractivity contribution in [1.82, 2.24) is 0 Å². The van der Waals surface area contributed by atoms with Gasteiger partial charge < -0.3 is 0 Å². The smallest absolute Gasteiger partial charge is 0.263 e. The fourth-order valence-corrected chi connectivity index (χ4v) is 4.68. The summed E-state index contributed by atoms with van der Waals surface area (Å²) in [6.45, 7) is 1.84. The van der Waals surface area contributed by atoms with Crippen molar-refractivity contribution in [2.24, 2.45) is 0 Å². The number of benzene rings is 2. The Balaban J connectivity index is 2.46. The lowest BCUT2D eigenvalue weighted by atomic mass is 10.2. The number of halogens is 4. The van der Waals surface area contributed by atoms with Gasteiger partial charge in [-0.25, -0.2) is 12.8 Å². The summed E-state index contributed by atoms with van der Waals surface area (Å²) in [7, 11) is -3.90. The van der Waals surface area contributed by atoms with Crippen LogP contribution in [0, 0.1) is 12.7 Å². The molecule has 2 rings (SSSR count). The molecule has 0 saturated heterocycles. The molecule has 0 bridgehead atoms. The molecule has 8 heteroatoms. The maximum absolute atomic E-state index is 13.8. The molecule has 0 heterocycles. The van der Waals surface area contributed by atoms with Gasteiger partial charge in [-0.05, 0) is 58.7 Å². The van der Waals surface area contributed by atoms with Crippen LogP contribution in [0.3, 0.4) is 0 Å². The molecule has 2 aromatic rings. The van der Waals surface area contributed by atoms with Crippen LogP contribution < -0.4 is 4.72 Å². The highest BCUT2D eigenvalue weighted by Gasteiger charge is 2.20. The summed E-state index contributed by atoms with van der Waals surface area (Å²) >= 11 is 9.63. The summed E-state index contributed by atoms with van der Waals surface area (Å²) < 4.78 is 42.4. The Labute approximate surface area is 147 Å². The van der Waals surface area contributed by atoms with Crippen LogP contribution in [0.15, 0.2) is 48.6 Å². The molecule has 112 valence electrons. The number of anilines is 1. The largest absolute Gasteiger partial charge is 0.277 e. The second-order valence-electron chi connectivity index (χ2n) is 4.26. The number of aryl methyl sites for hydroxylation is 1. The summed E-state index contributed by atoms with van der Waals surface area (Å²) in [6, 6.07) is 7.25. The number of hydrogen-bond acceptors (Lipinski definition) is 2. The van der Waals surface area contributed by atoms with Crippen molar-refractivity contribution in [2.75, 3.05) is 4.72 Å². The van der Waals surface area contributed by atoms with Crippen molar-refractivity contribution in [3.63, 3.8) is 0 Å². The molecule has 0 spiro atoms. The van der Waals surface area contributed by atoms with E-state index in [1.54, 1.807) is 12.1 Å². The van der Waals surface area contributed by atoms with E-state index in [9.17, 15) is 12.8 Å². The fraction of sp³-hybridized carbons (Fsp3) is 0.0769. The first-order valence-electron chi connectivity index (χ1n) is 5.64. The van der Waals surface area contributed by atoms with Crippen molar-refractivity contribution in [3.8, 4) is 0 Å². The van der Waals surface area contributed by atoms with Gasteiger partial charge in [0.2, 0.25) is 0 Å². The van der Waals surface area contributed by atoms with Crippen LogP contribution in [0.4, 0.5) is 10.1 Å². The normalized spacial score (nSPS) is 11.5. The van der Waals surface area contributed by atoms with Crippen LogP contribution in [-0.2, 0) is 10.0 Å². The Kier molecular flexibility index (Phi) is 5.12. The van der Waals surface area contributed by atoms with Crippen molar-refractivity contribution >= 4 is 63.5 Å². The van der Waals surface area contributed by atoms with E-state index in [1.165, 1.54) is 18.2 Å². The maximum atomic E-state index is 13.8. The average Bonchev–Trinajstić information content (AvgIpc) is 2.37. The summed E-state index contributed by atoms with van der Waals surface area (Å²) in [4.78, 5) is 0.0299. The van der Waals surface area contributed by atoms with E-state index in [0.29, 0.717) is 13.4 Å². The monoisotopic (exact) mass is 499 g/mol. The highest BCUT2D eigenvalue weighted by atomic mass is 79.9. The molecule has 0 aliphatic rings. The van der Waals surface area contributed by atoms with E-state index in [1.807, 2.05) is 6.92 Å². The number of hydrogen-bond donors (Lipinski definition) is 1. The summed E-state index contributed by atoms with van der Waals surface area (Å²) in [5.74, 6) is -0.657. The SMILES string of the molecule is Cc1cc(Br)c(S(=O)(=O)Nc2ccc(Br)cc2F)cc1Br. The van der Waals surface area contributed by atoms with Crippen molar-refractivity contribution in [1.29, 1.82) is 0 Å². The molecule has 1 N–H and O–H groups in total. The van der Waals surface area contributed by atoms with E-state index in [-0.39, 0.29) is 10.6 Å². The highest BCUT2D eigenvalue weighted by Crippen LogP contribution is 2.30. The van der Waals surface area contributed by atoms with Gasteiger partial charge in [0.25, 0.3) is 10.0 Å². The Hall–Kier alpha value is -0.440. The van der Waals surface area contributed by atoms with Crippen molar-refractivity contribution < 1.29 is 12.8 Å². The Morgan fingerprint density at radius 3 is 2.33 bits per heavy atom. The van der Waals surface area contributed by atoms with Crippen LogP contribution in [0.25, 0.3) is 0 Å². The van der Waals surface area contributed by atoms with E-state index >= 15 is 0 Å². The third kappa shape index (κ3) is 3.85. The van der Waals surface area contributed by atoms with Gasteiger partial charge in [-0.2, -0.15) is 0 Å². The molecule has 0 unspecified atom stereocenters. The Morgan fingerprint density at radius 2 is 1.71 bits per heavy atom. The summed E-state index contributed by atoms with van der Waals surface area (Å²) in [5, 5.41) is 0. The van der Waals surface area contributed by atoms with E-state index < -0.39 is 15.8 Å². The molecule has 0 fully saturated rings. The molecule has 0 saturated carbocycles. The quantitative estimate of drug-likeness (QED) is 0.626. The van der Waals surface area contributed by atoms with Crippen LogP contribution >= 0.6 is 47.8 Å². The van der Waals surface area contributed by atoms with Crippen LogP contribution in [0.5, 0.6) is 0 Å². The zero-order chi connectivity index (χ0) is 15.8. The lowest BCUT2D eigenvalue weighted by molar-refractivity contribution is 0.598. The first-order chi connectivity index (χ1) is 9.70. The molecular weight excluding hydrogens is 493 g/mol. The number of sulfonamides is 1. The van der Waals surface area contributed by atoms with E-state index in [2.05, 4.69) is 52.5 Å². The van der Waals surface area contributed by atoms with Gasteiger partial charge in [-0.1, -0.05) is 31.9 Å². The molecular formula is C13H9Br3FNO2S. The van der Waals surface area contributed by atoms with E-state index in [4.69, 9.17) is 0 Å². The lowest BCUT2D eigenvalue weighted by Crippen LogP contribution is -2.14. The van der Waals surface area contributed by atoms with Crippen molar-refractivity contribution in [3.05, 3.63) is 55.1 Å². The van der Waals surface area contributed by atoms with Crippen LogP contribution in [0.1, 0.15) is 5.56 Å². The van der Waals surface area contributed by atoms with Crippen molar-refractivity contribution in [2.45, 2.75) is 11.8 Å². The minimum absolute atomic E-state index is 0.0299. The molecule has 0 radical (unpaired) electrons. The molecule has 2 aromatic carbocycles. The predicted molar refractivity (Wildman–Crippen MR) is 91.5 cm³/mol. The summed E-state index contributed by atoms with van der Waals surface area (Å²) in [6.07, 6.45) is 0. The van der Waals surface area contributed by atoms with Gasteiger partial charge >= 0.3 is 0 Å². The fourth-order valence-electron chi connectivity index (χ4n) is 1.61. The number of rotatable bonds is 3. The predicted octanol–water partition coefficient (Wildman–Crippen LogP) is 5.22. The molecule has 0 aliphatic carbocycles. The van der Waals surface area contributed by atoms with E-state index in [0.717, 1.165) is 5.56 Å². The first kappa shape index (κ1) is 16.9. The Bertz CT molecular complexity index is 809. The third-order valence-electron chi connectivity index (χ3n) is 2.68. The standard InChI is InChI=1S/C13H9Br3FNO2S/c1-7-4-10(16)13(6-9(7)15)21(19,20)18-12-3-2-8(14)5-11(12)17/h2-6,18H,1H3. The topological polar surface area (TPSA) is 46.2 Å². The van der Waals surface area contributed by atoms with Gasteiger partial charge in [-0.15, -0.1) is 0 Å². The van der Waals surface area contributed by atoms with Crippen LogP contribution in [-0.4, -0.2) is 8.42 Å². The zero-order valence-electron chi connectivity index (χ0n) is 10.6.